The van der Waals surface area contributed by atoms with E-state index in [1.54, 1.807) is 0 Å². The molecule has 0 saturated heterocycles. The molecule has 2 unspecified atom stereocenters. The van der Waals surface area contributed by atoms with Crippen LogP contribution in [-0.4, -0.2) is 30.5 Å². The fraction of sp³-hybridized carbons (Fsp3) is 0.808. The van der Waals surface area contributed by atoms with Crippen LogP contribution in [0.5, 0.6) is 0 Å². The summed E-state index contributed by atoms with van der Waals surface area (Å²) in [6, 6.07) is 0. The molecule has 4 heteroatoms. The largest absolute Gasteiger partial charge is 1.00 e. The summed E-state index contributed by atoms with van der Waals surface area (Å²) in [4.78, 5) is 13.5. The molecule has 0 aliphatic heterocycles. The quantitative estimate of drug-likeness (QED) is 0.151. The van der Waals surface area contributed by atoms with Gasteiger partial charge in [0.15, 0.2) is 0 Å². The molecular weight excluding hydrogens is 381 g/mol. The molecule has 0 spiro atoms. The Morgan fingerprint density at radius 3 is 1.53 bits per heavy atom. The van der Waals surface area contributed by atoms with Crippen LogP contribution < -0.4 is 34.7 Å². The van der Waals surface area contributed by atoms with Crippen LogP contribution in [0, 0.1) is 11.8 Å². The number of carboxylic acids is 1. The van der Waals surface area contributed by atoms with Crippen LogP contribution in [0.2, 0.25) is 0 Å². The predicted molar refractivity (Wildman–Crippen MR) is 125 cm³/mol. The number of hydrogen-bond donors (Lipinski definition) is 0. The van der Waals surface area contributed by atoms with Crippen LogP contribution in [0.1, 0.15) is 104 Å². The number of allylic oxidation sites excluding steroid dienone is 2. The zero-order chi connectivity index (χ0) is 21.7. The van der Waals surface area contributed by atoms with E-state index in [1.807, 2.05) is 12.2 Å². The monoisotopic (exact) mass is 429 g/mol. The molecule has 0 radical (unpaired) electrons. The molecular formula is C26H48NNaO2. The Bertz CT molecular complexity index is 384. The number of aliphatic carboxylic acids is 1. The molecule has 0 aliphatic rings. The third-order valence-electron chi connectivity index (χ3n) is 6.08. The number of carbonyl (C=O) groups excluding carboxylic acids is 1. The zero-order valence-corrected chi connectivity index (χ0v) is 22.5. The van der Waals surface area contributed by atoms with E-state index in [4.69, 9.17) is 0 Å². The third-order valence-corrected chi connectivity index (χ3v) is 6.08. The molecule has 0 aromatic heterocycles. The number of nitrogens with zero attached hydrogens (tertiary/aromatic N) is 1. The third kappa shape index (κ3) is 19.8. The minimum Gasteiger partial charge on any atom is -0.549 e. The van der Waals surface area contributed by atoms with Crippen molar-refractivity contribution in [3.8, 4) is 0 Å². The first-order valence-electron chi connectivity index (χ1n) is 12.2. The molecule has 3 nitrogen and oxygen atoms in total. The SMILES string of the molecule is C=CCCCCCCC(CC)CN(CC(=O)[O-])CC(CC)CCCCCCC=C.[Na+]. The molecule has 0 bridgehead atoms. The maximum atomic E-state index is 11.3. The van der Waals surface area contributed by atoms with Crippen molar-refractivity contribution in [3.63, 3.8) is 0 Å². The van der Waals surface area contributed by atoms with Crippen LogP contribution in [0.4, 0.5) is 0 Å². The summed E-state index contributed by atoms with van der Waals surface area (Å²) in [5.41, 5.74) is 0. The van der Waals surface area contributed by atoms with Crippen molar-refractivity contribution in [2.45, 2.75) is 104 Å². The van der Waals surface area contributed by atoms with Gasteiger partial charge < -0.3 is 9.90 Å². The van der Waals surface area contributed by atoms with Gasteiger partial charge in [-0.25, -0.2) is 0 Å². The Morgan fingerprint density at radius 1 is 0.800 bits per heavy atom. The summed E-state index contributed by atoms with van der Waals surface area (Å²) in [6.07, 6.45) is 20.9. The van der Waals surface area contributed by atoms with Crippen molar-refractivity contribution in [1.82, 2.24) is 4.90 Å². The van der Waals surface area contributed by atoms with E-state index in [9.17, 15) is 9.90 Å². The number of rotatable bonds is 22. The molecule has 0 aromatic carbocycles. The minimum atomic E-state index is -0.941. The Morgan fingerprint density at radius 2 is 1.20 bits per heavy atom. The van der Waals surface area contributed by atoms with Gasteiger partial charge in [-0.3, -0.25) is 4.90 Å². The van der Waals surface area contributed by atoms with Crippen LogP contribution >= 0.6 is 0 Å². The normalized spacial score (nSPS) is 12.9. The molecule has 0 rings (SSSR count). The Balaban J connectivity index is 0. The van der Waals surface area contributed by atoms with Crippen LogP contribution in [-0.2, 0) is 4.79 Å². The second-order valence-corrected chi connectivity index (χ2v) is 8.68. The Kier molecular flexibility index (Phi) is 25.2. The Hall–Kier alpha value is -0.0900. The van der Waals surface area contributed by atoms with Gasteiger partial charge in [0.05, 0.1) is 5.97 Å². The topological polar surface area (TPSA) is 43.4 Å². The first-order valence-corrected chi connectivity index (χ1v) is 12.2. The Labute approximate surface area is 210 Å². The van der Waals surface area contributed by atoms with Crippen LogP contribution in [0.25, 0.3) is 0 Å². The van der Waals surface area contributed by atoms with E-state index in [2.05, 4.69) is 31.9 Å². The zero-order valence-electron chi connectivity index (χ0n) is 20.5. The summed E-state index contributed by atoms with van der Waals surface area (Å²) in [5.74, 6) is 0.235. The molecule has 0 fully saturated rings. The molecule has 0 saturated carbocycles. The van der Waals surface area contributed by atoms with Gasteiger partial charge in [0.25, 0.3) is 0 Å². The molecule has 0 aromatic rings. The molecule has 30 heavy (non-hydrogen) atoms. The van der Waals surface area contributed by atoms with Crippen molar-refractivity contribution in [2.24, 2.45) is 11.8 Å². The van der Waals surface area contributed by atoms with Crippen LogP contribution in [0.3, 0.4) is 0 Å². The summed E-state index contributed by atoms with van der Waals surface area (Å²) in [5, 5.41) is 11.3. The molecule has 0 amide bonds. The summed E-state index contributed by atoms with van der Waals surface area (Å²) >= 11 is 0. The summed E-state index contributed by atoms with van der Waals surface area (Å²) in [6.45, 7) is 13.9. The van der Waals surface area contributed by atoms with Crippen molar-refractivity contribution in [3.05, 3.63) is 25.3 Å². The van der Waals surface area contributed by atoms with Gasteiger partial charge in [-0.15, -0.1) is 13.2 Å². The minimum absolute atomic E-state index is 0. The predicted octanol–water partition coefficient (Wildman–Crippen LogP) is 3.15. The van der Waals surface area contributed by atoms with E-state index in [1.165, 1.54) is 64.2 Å². The molecule has 0 heterocycles. The van der Waals surface area contributed by atoms with Gasteiger partial charge in [0.2, 0.25) is 0 Å². The first-order chi connectivity index (χ1) is 14.1. The van der Waals surface area contributed by atoms with Gasteiger partial charge in [-0.2, -0.15) is 0 Å². The van der Waals surface area contributed by atoms with Crippen molar-refractivity contribution < 1.29 is 39.5 Å². The molecule has 0 N–H and O–H groups in total. The fourth-order valence-electron chi connectivity index (χ4n) is 4.12. The number of carbonyl (C=O) groups is 1. The maximum Gasteiger partial charge on any atom is 1.00 e. The molecule has 170 valence electrons. The number of hydrogen-bond acceptors (Lipinski definition) is 3. The second kappa shape index (κ2) is 23.6. The van der Waals surface area contributed by atoms with E-state index in [-0.39, 0.29) is 36.1 Å². The van der Waals surface area contributed by atoms with Crippen molar-refractivity contribution in [1.29, 1.82) is 0 Å². The van der Waals surface area contributed by atoms with Gasteiger partial charge in [-0.05, 0) is 50.4 Å². The molecule has 2 atom stereocenters. The fourth-order valence-corrected chi connectivity index (χ4v) is 4.12. The van der Waals surface area contributed by atoms with Gasteiger partial charge in [0, 0.05) is 19.6 Å². The van der Waals surface area contributed by atoms with Crippen LogP contribution in [0.15, 0.2) is 25.3 Å². The van der Waals surface area contributed by atoms with E-state index < -0.39 is 5.97 Å². The van der Waals surface area contributed by atoms with E-state index in [0.717, 1.165) is 38.8 Å². The average molecular weight is 430 g/mol. The first kappa shape index (κ1) is 32.1. The van der Waals surface area contributed by atoms with E-state index >= 15 is 0 Å². The van der Waals surface area contributed by atoms with Gasteiger partial charge in [-0.1, -0.05) is 77.4 Å². The van der Waals surface area contributed by atoms with Gasteiger partial charge >= 0.3 is 29.6 Å². The van der Waals surface area contributed by atoms with Gasteiger partial charge in [0.1, 0.15) is 0 Å². The van der Waals surface area contributed by atoms with Crippen molar-refractivity contribution >= 4 is 5.97 Å². The molecule has 0 aliphatic carbocycles. The average Bonchev–Trinajstić information content (AvgIpc) is 2.70. The smallest absolute Gasteiger partial charge is 0.549 e. The standard InChI is InChI=1S/C26H49NO2.Na/c1-5-9-11-13-15-17-19-24(7-3)21-27(23-26(28)29)22-25(8-4)20-18-16-14-12-10-6-2;/h5-6,24-25H,1-2,7-23H2,3-4H3,(H,28,29);/q;+1/p-1. The second-order valence-electron chi connectivity index (χ2n) is 8.68. The van der Waals surface area contributed by atoms with E-state index in [0.29, 0.717) is 11.8 Å². The summed E-state index contributed by atoms with van der Waals surface area (Å²) in [7, 11) is 0. The van der Waals surface area contributed by atoms with Crippen molar-refractivity contribution in [2.75, 3.05) is 19.6 Å². The number of unbranched alkanes of at least 4 members (excludes halogenated alkanes) is 8. The maximum absolute atomic E-state index is 11.3. The summed E-state index contributed by atoms with van der Waals surface area (Å²) < 4.78 is 0. The number of carboxylic acid groups (broad SMARTS) is 1.